The summed E-state index contributed by atoms with van der Waals surface area (Å²) in [5.41, 5.74) is -0.679. The van der Waals surface area contributed by atoms with E-state index in [1.54, 1.807) is 0 Å². The Morgan fingerprint density at radius 1 is 1.15 bits per heavy atom. The van der Waals surface area contributed by atoms with Gasteiger partial charge in [-0.15, -0.1) is 0 Å². The van der Waals surface area contributed by atoms with Gasteiger partial charge in [-0.25, -0.2) is 9.69 Å². The summed E-state index contributed by atoms with van der Waals surface area (Å²) in [5.74, 6) is 0.624. The smallest absolute Gasteiger partial charge is 0.326 e. The quantitative estimate of drug-likeness (QED) is 0.734. The van der Waals surface area contributed by atoms with Gasteiger partial charge in [-0.3, -0.25) is 14.5 Å². The van der Waals surface area contributed by atoms with E-state index >= 15 is 0 Å². The monoisotopic (exact) mass is 378 g/mol. The second kappa shape index (κ2) is 7.39. The Labute approximate surface area is 160 Å². The Morgan fingerprint density at radius 3 is 2.48 bits per heavy atom. The molecule has 8 heteroatoms. The van der Waals surface area contributed by atoms with Gasteiger partial charge in [0, 0.05) is 32.8 Å². The maximum atomic E-state index is 13.0. The largest absolute Gasteiger partial charge is 0.368 e. The molecule has 0 aromatic carbocycles. The number of nitrogens with zero attached hydrogens (tertiary/aromatic N) is 3. The lowest BCUT2D eigenvalue weighted by Crippen LogP contribution is -2.54. The fraction of sp³-hybridized carbons (Fsp3) is 0.842. The maximum absolute atomic E-state index is 13.0. The van der Waals surface area contributed by atoms with E-state index in [9.17, 15) is 14.4 Å². The first-order valence-electron chi connectivity index (χ1n) is 10.3. The first-order chi connectivity index (χ1) is 13.0. The van der Waals surface area contributed by atoms with E-state index in [2.05, 4.69) is 17.1 Å². The molecule has 1 N–H and O–H groups in total. The molecule has 27 heavy (non-hydrogen) atoms. The summed E-state index contributed by atoms with van der Waals surface area (Å²) in [4.78, 5) is 43.1. The van der Waals surface area contributed by atoms with Gasteiger partial charge in [0.25, 0.3) is 11.8 Å². The molecule has 0 aromatic heterocycles. The lowest BCUT2D eigenvalue weighted by molar-refractivity contribution is -0.143. The molecule has 4 amide bonds. The van der Waals surface area contributed by atoms with E-state index in [0.29, 0.717) is 45.4 Å². The number of imide groups is 1. The van der Waals surface area contributed by atoms with Gasteiger partial charge < -0.3 is 15.0 Å². The van der Waals surface area contributed by atoms with Crippen molar-refractivity contribution >= 4 is 17.8 Å². The summed E-state index contributed by atoms with van der Waals surface area (Å²) < 4.78 is 5.49. The van der Waals surface area contributed by atoms with E-state index in [0.717, 1.165) is 38.5 Å². The maximum Gasteiger partial charge on any atom is 0.326 e. The average molecular weight is 378 g/mol. The van der Waals surface area contributed by atoms with Crippen LogP contribution in [0.25, 0.3) is 0 Å². The average Bonchev–Trinajstić information content (AvgIpc) is 3.28. The third-order valence-corrected chi connectivity index (χ3v) is 6.60. The Morgan fingerprint density at radius 2 is 1.85 bits per heavy atom. The lowest BCUT2D eigenvalue weighted by atomic mass is 9.77. The number of amides is 4. The second-order valence-corrected chi connectivity index (χ2v) is 8.51. The second-order valence-electron chi connectivity index (χ2n) is 8.51. The molecule has 1 atom stereocenters. The van der Waals surface area contributed by atoms with E-state index in [4.69, 9.17) is 4.74 Å². The number of rotatable bonds is 3. The number of ether oxygens (including phenoxy) is 1. The molecule has 3 aliphatic heterocycles. The van der Waals surface area contributed by atoms with Crippen LogP contribution in [0.3, 0.4) is 0 Å². The third-order valence-electron chi connectivity index (χ3n) is 6.60. The summed E-state index contributed by atoms with van der Waals surface area (Å²) in [6, 6.07) is -0.271. The Hall–Kier alpha value is -1.67. The van der Waals surface area contributed by atoms with Gasteiger partial charge in [-0.1, -0.05) is 6.92 Å². The van der Waals surface area contributed by atoms with E-state index < -0.39 is 5.54 Å². The van der Waals surface area contributed by atoms with E-state index in [1.807, 2.05) is 4.90 Å². The zero-order valence-corrected chi connectivity index (χ0v) is 16.1. The molecule has 4 fully saturated rings. The SMILES string of the molecule is CC1CCC2(CC1)NC(=O)N(CN1CCN(C(=O)[C@H]3CCCO3)CC1)C2=O. The molecule has 150 valence electrons. The minimum absolute atomic E-state index is 0.0720. The molecular weight excluding hydrogens is 348 g/mol. The van der Waals surface area contributed by atoms with Gasteiger partial charge in [0.1, 0.15) is 11.6 Å². The first kappa shape index (κ1) is 18.7. The number of hydrogen-bond acceptors (Lipinski definition) is 5. The summed E-state index contributed by atoms with van der Waals surface area (Å²) in [7, 11) is 0. The number of carbonyl (C=O) groups is 3. The first-order valence-corrected chi connectivity index (χ1v) is 10.3. The van der Waals surface area contributed by atoms with Crippen molar-refractivity contribution in [3.63, 3.8) is 0 Å². The molecular formula is C19H30N4O4. The molecule has 1 saturated carbocycles. The molecule has 0 unspecified atom stereocenters. The summed E-state index contributed by atoms with van der Waals surface area (Å²) in [6.45, 7) is 5.74. The van der Waals surface area contributed by atoms with Crippen LogP contribution >= 0.6 is 0 Å². The van der Waals surface area contributed by atoms with Crippen molar-refractivity contribution in [2.24, 2.45) is 5.92 Å². The van der Waals surface area contributed by atoms with E-state index in [-0.39, 0.29) is 23.9 Å². The zero-order chi connectivity index (χ0) is 19.0. The highest BCUT2D eigenvalue weighted by atomic mass is 16.5. The molecule has 3 saturated heterocycles. The topological polar surface area (TPSA) is 82.2 Å². The van der Waals surface area contributed by atoms with Gasteiger partial charge in [0.15, 0.2) is 0 Å². The van der Waals surface area contributed by atoms with Crippen molar-refractivity contribution in [3.8, 4) is 0 Å². The van der Waals surface area contributed by atoms with Crippen LogP contribution in [0.5, 0.6) is 0 Å². The summed E-state index contributed by atoms with van der Waals surface area (Å²) in [5, 5.41) is 2.97. The number of carbonyl (C=O) groups excluding carboxylic acids is 3. The van der Waals surface area contributed by atoms with Crippen molar-refractivity contribution in [1.82, 2.24) is 20.0 Å². The van der Waals surface area contributed by atoms with Crippen LogP contribution in [0.1, 0.15) is 45.4 Å². The van der Waals surface area contributed by atoms with Crippen LogP contribution in [0.4, 0.5) is 4.79 Å². The minimum atomic E-state index is -0.679. The number of nitrogens with one attached hydrogen (secondary N) is 1. The van der Waals surface area contributed by atoms with Gasteiger partial charge in [-0.2, -0.15) is 0 Å². The van der Waals surface area contributed by atoms with Crippen molar-refractivity contribution in [2.45, 2.75) is 57.1 Å². The number of urea groups is 1. The van der Waals surface area contributed by atoms with Crippen LogP contribution in [-0.2, 0) is 14.3 Å². The molecule has 8 nitrogen and oxygen atoms in total. The normalized spacial score (nSPS) is 35.1. The zero-order valence-electron chi connectivity index (χ0n) is 16.1. The fourth-order valence-corrected chi connectivity index (χ4v) is 4.68. The molecule has 1 aliphatic carbocycles. The highest BCUT2D eigenvalue weighted by Gasteiger charge is 2.52. The minimum Gasteiger partial charge on any atom is -0.368 e. The number of piperazine rings is 1. The molecule has 4 aliphatic rings. The molecule has 0 aromatic rings. The highest BCUT2D eigenvalue weighted by molar-refractivity contribution is 6.07. The van der Waals surface area contributed by atoms with E-state index in [1.165, 1.54) is 4.90 Å². The fourth-order valence-electron chi connectivity index (χ4n) is 4.68. The van der Waals surface area contributed by atoms with Gasteiger partial charge in [-0.05, 0) is 44.4 Å². The Balaban J connectivity index is 1.30. The van der Waals surface area contributed by atoms with Gasteiger partial charge >= 0.3 is 6.03 Å². The molecule has 0 bridgehead atoms. The van der Waals surface area contributed by atoms with Gasteiger partial charge in [0.05, 0.1) is 6.67 Å². The highest BCUT2D eigenvalue weighted by Crippen LogP contribution is 2.36. The number of hydrogen-bond donors (Lipinski definition) is 1. The lowest BCUT2D eigenvalue weighted by Gasteiger charge is -2.37. The summed E-state index contributed by atoms with van der Waals surface area (Å²) in [6.07, 6.45) is 4.90. The predicted molar refractivity (Wildman–Crippen MR) is 97.7 cm³/mol. The molecule has 3 heterocycles. The van der Waals surface area contributed by atoms with Crippen LogP contribution < -0.4 is 5.32 Å². The van der Waals surface area contributed by atoms with Crippen molar-refractivity contribution in [2.75, 3.05) is 39.5 Å². The standard InChI is InChI=1S/C19H30N4O4/c1-14-4-6-19(7-5-14)17(25)23(18(26)20-19)13-21-8-10-22(11-9-21)16(24)15-3-2-12-27-15/h14-15H,2-13H2,1H3,(H,20,26)/t14?,15-,19?/m1/s1. The van der Waals surface area contributed by atoms with Crippen LogP contribution in [0, 0.1) is 5.92 Å². The van der Waals surface area contributed by atoms with Crippen LogP contribution in [0.15, 0.2) is 0 Å². The van der Waals surface area contributed by atoms with Crippen molar-refractivity contribution < 1.29 is 19.1 Å². The van der Waals surface area contributed by atoms with Crippen molar-refractivity contribution in [1.29, 1.82) is 0 Å². The predicted octanol–water partition coefficient (Wildman–Crippen LogP) is 0.768. The third kappa shape index (κ3) is 3.57. The van der Waals surface area contributed by atoms with Gasteiger partial charge in [0.2, 0.25) is 0 Å². The Kier molecular flexibility index (Phi) is 5.11. The summed E-state index contributed by atoms with van der Waals surface area (Å²) >= 11 is 0. The Bertz CT molecular complexity index is 603. The van der Waals surface area contributed by atoms with Crippen LogP contribution in [0.2, 0.25) is 0 Å². The van der Waals surface area contributed by atoms with Crippen molar-refractivity contribution in [3.05, 3.63) is 0 Å². The molecule has 0 radical (unpaired) electrons. The van der Waals surface area contributed by atoms with Crippen LogP contribution in [-0.4, -0.2) is 83.6 Å². The molecule has 1 spiro atoms. The molecule has 4 rings (SSSR count).